The Bertz CT molecular complexity index is 406. The number of rotatable bonds is 10. The molecule has 0 aromatic carbocycles. The molecule has 2 heterocycles. The number of hydrogen-bond acceptors (Lipinski definition) is 0. The summed E-state index contributed by atoms with van der Waals surface area (Å²) in [6.07, 6.45) is 16.4. The SMILES string of the molecule is C[N+]1(C[Si](C)(C)CCCCC[Si](C)(C)C[N+]2(C)CCCCC2)CCCCC1.[I-].[I-]. The molecule has 2 fully saturated rings. The van der Waals surface area contributed by atoms with Crippen LogP contribution in [0.1, 0.15) is 57.8 Å². The van der Waals surface area contributed by atoms with E-state index in [4.69, 9.17) is 0 Å². The number of likely N-dealkylation sites (tertiary alicyclic amines) is 2. The molecule has 29 heavy (non-hydrogen) atoms. The molecule has 2 saturated heterocycles. The highest BCUT2D eigenvalue weighted by molar-refractivity contribution is 6.77. The van der Waals surface area contributed by atoms with Crippen LogP contribution in [0.4, 0.5) is 0 Å². The molecule has 0 radical (unpaired) electrons. The van der Waals surface area contributed by atoms with E-state index in [1.807, 2.05) is 0 Å². The van der Waals surface area contributed by atoms with Gasteiger partial charge in [-0.3, -0.25) is 0 Å². The van der Waals surface area contributed by atoms with Crippen LogP contribution in [0.3, 0.4) is 0 Å². The van der Waals surface area contributed by atoms with E-state index in [-0.39, 0.29) is 48.0 Å². The second kappa shape index (κ2) is 13.5. The molecule has 0 aromatic heterocycles. The van der Waals surface area contributed by atoms with Gasteiger partial charge in [0.1, 0.15) is 16.1 Å². The fourth-order valence-corrected chi connectivity index (χ4v) is 14.0. The van der Waals surface area contributed by atoms with Crippen molar-refractivity contribution in [3.63, 3.8) is 0 Å². The standard InChI is InChI=1S/C23H52N2Si2.2HI/c1-24(16-10-7-11-17-24)22-26(3,4)20-14-9-15-21-27(5,6)23-25(2)18-12-8-13-19-25;;/h7-23H2,1-6H3;2*1H/q+2;;/p-2. The molecule has 0 saturated carbocycles. The Kier molecular flexibility index (Phi) is 14.3. The van der Waals surface area contributed by atoms with Crippen molar-refractivity contribution in [2.75, 3.05) is 52.6 Å². The third-order valence-corrected chi connectivity index (χ3v) is 14.3. The maximum Gasteiger partial charge on any atom is 0.113 e. The van der Waals surface area contributed by atoms with Crippen LogP contribution < -0.4 is 48.0 Å². The number of hydrogen-bond donors (Lipinski definition) is 0. The van der Waals surface area contributed by atoms with Crippen molar-refractivity contribution >= 4 is 16.1 Å². The van der Waals surface area contributed by atoms with Gasteiger partial charge in [0.05, 0.1) is 52.6 Å². The molecule has 0 aliphatic carbocycles. The zero-order valence-electron chi connectivity index (χ0n) is 20.7. The number of unbranched alkanes of at least 4 members (excludes halogenated alkanes) is 2. The monoisotopic (exact) mass is 666 g/mol. The van der Waals surface area contributed by atoms with Crippen molar-refractivity contribution in [1.29, 1.82) is 0 Å². The lowest BCUT2D eigenvalue weighted by molar-refractivity contribution is -0.904. The summed E-state index contributed by atoms with van der Waals surface area (Å²) in [6.45, 7) is 16.5. The van der Waals surface area contributed by atoms with Crippen molar-refractivity contribution in [2.24, 2.45) is 0 Å². The van der Waals surface area contributed by atoms with E-state index in [0.717, 1.165) is 0 Å². The molecule has 0 aromatic rings. The fraction of sp³-hybridized carbons (Fsp3) is 1.00. The van der Waals surface area contributed by atoms with E-state index in [2.05, 4.69) is 40.3 Å². The first kappa shape index (κ1) is 30.8. The molecule has 0 bridgehead atoms. The maximum absolute atomic E-state index is 2.67. The molecular weight excluding hydrogens is 614 g/mol. The van der Waals surface area contributed by atoms with Crippen LogP contribution in [0.5, 0.6) is 0 Å². The molecule has 0 spiro atoms. The average Bonchev–Trinajstić information content (AvgIpc) is 2.53. The van der Waals surface area contributed by atoms with Crippen molar-refractivity contribution < 1.29 is 56.9 Å². The lowest BCUT2D eigenvalue weighted by atomic mass is 10.1. The molecular formula is C23H52I2N2Si2. The summed E-state index contributed by atoms with van der Waals surface area (Å²) < 4.78 is 2.80. The van der Waals surface area contributed by atoms with Crippen LogP contribution in [0.15, 0.2) is 0 Å². The summed E-state index contributed by atoms with van der Waals surface area (Å²) in [5.41, 5.74) is 0. The Morgan fingerprint density at radius 2 is 0.828 bits per heavy atom. The summed E-state index contributed by atoms with van der Waals surface area (Å²) in [6, 6.07) is 3.13. The lowest BCUT2D eigenvalue weighted by Crippen LogP contribution is -3.00. The number of piperidine rings is 2. The van der Waals surface area contributed by atoms with Gasteiger partial charge in [0.25, 0.3) is 0 Å². The molecule has 2 nitrogen and oxygen atoms in total. The normalized spacial score (nSPS) is 21.7. The predicted octanol–water partition coefficient (Wildman–Crippen LogP) is -0.0791. The summed E-state index contributed by atoms with van der Waals surface area (Å²) in [5.74, 6) is 0. The summed E-state index contributed by atoms with van der Waals surface area (Å²) >= 11 is 0. The topological polar surface area (TPSA) is 0 Å². The minimum absolute atomic E-state index is 0. The maximum atomic E-state index is 2.67. The first-order valence-corrected chi connectivity index (χ1v) is 19.0. The van der Waals surface area contributed by atoms with Gasteiger partial charge in [0.15, 0.2) is 0 Å². The molecule has 2 rings (SSSR count). The summed E-state index contributed by atoms with van der Waals surface area (Å²) in [5, 5.41) is 0. The second-order valence-electron chi connectivity index (χ2n) is 12.5. The van der Waals surface area contributed by atoms with Gasteiger partial charge in [-0.05, 0) is 38.5 Å². The van der Waals surface area contributed by atoms with Gasteiger partial charge in [-0.1, -0.05) is 57.5 Å². The number of quaternary nitrogens is 2. The first-order valence-electron chi connectivity index (χ1n) is 12.2. The Morgan fingerprint density at radius 1 is 0.517 bits per heavy atom. The van der Waals surface area contributed by atoms with Crippen LogP contribution in [0.2, 0.25) is 38.3 Å². The largest absolute Gasteiger partial charge is 1.00 e. The molecule has 0 atom stereocenters. The van der Waals surface area contributed by atoms with E-state index in [1.54, 1.807) is 12.1 Å². The highest BCUT2D eigenvalue weighted by Gasteiger charge is 2.35. The van der Waals surface area contributed by atoms with Crippen LogP contribution in [-0.4, -0.2) is 77.7 Å². The van der Waals surface area contributed by atoms with E-state index in [0.29, 0.717) is 0 Å². The Labute approximate surface area is 220 Å². The fourth-order valence-electron chi connectivity index (χ4n) is 6.48. The van der Waals surface area contributed by atoms with Crippen molar-refractivity contribution in [2.45, 2.75) is 96.1 Å². The Balaban J connectivity index is 0.00000392. The highest BCUT2D eigenvalue weighted by atomic mass is 127. The predicted molar refractivity (Wildman–Crippen MR) is 128 cm³/mol. The zero-order valence-corrected chi connectivity index (χ0v) is 27.0. The third kappa shape index (κ3) is 12.0. The molecule has 0 amide bonds. The van der Waals surface area contributed by atoms with Crippen molar-refractivity contribution in [3.05, 3.63) is 0 Å². The van der Waals surface area contributed by atoms with Gasteiger partial charge in [-0.2, -0.15) is 0 Å². The Morgan fingerprint density at radius 3 is 1.14 bits per heavy atom. The number of nitrogens with zero attached hydrogens (tertiary/aromatic N) is 2. The third-order valence-electron chi connectivity index (χ3n) is 7.62. The van der Waals surface area contributed by atoms with Gasteiger partial charge < -0.3 is 56.9 Å². The van der Waals surface area contributed by atoms with Gasteiger partial charge in [0, 0.05) is 0 Å². The van der Waals surface area contributed by atoms with Crippen LogP contribution >= 0.6 is 0 Å². The molecule has 6 heteroatoms. The summed E-state index contributed by atoms with van der Waals surface area (Å²) in [7, 11) is 3.04. The number of halogens is 2. The molecule has 2 aliphatic rings. The zero-order chi connectivity index (χ0) is 20.0. The van der Waals surface area contributed by atoms with Crippen LogP contribution in [0, 0.1) is 0 Å². The minimum Gasteiger partial charge on any atom is -1.00 e. The van der Waals surface area contributed by atoms with Crippen LogP contribution in [-0.2, 0) is 0 Å². The Hall–Kier alpha value is 1.81. The van der Waals surface area contributed by atoms with Gasteiger partial charge in [0.2, 0.25) is 0 Å². The second-order valence-corrected chi connectivity index (χ2v) is 22.7. The molecule has 176 valence electrons. The smallest absolute Gasteiger partial charge is 0.113 e. The quantitative estimate of drug-likeness (QED) is 0.133. The van der Waals surface area contributed by atoms with E-state index >= 15 is 0 Å². The summed E-state index contributed by atoms with van der Waals surface area (Å²) in [4.78, 5) is 0. The van der Waals surface area contributed by atoms with Crippen molar-refractivity contribution in [1.82, 2.24) is 0 Å². The minimum atomic E-state index is -1.03. The van der Waals surface area contributed by atoms with E-state index in [9.17, 15) is 0 Å². The highest BCUT2D eigenvalue weighted by Crippen LogP contribution is 2.26. The first-order chi connectivity index (χ1) is 12.5. The molecule has 0 unspecified atom stereocenters. The van der Waals surface area contributed by atoms with Gasteiger partial charge >= 0.3 is 0 Å². The van der Waals surface area contributed by atoms with Crippen LogP contribution in [0.25, 0.3) is 0 Å². The van der Waals surface area contributed by atoms with Crippen molar-refractivity contribution in [3.8, 4) is 0 Å². The van der Waals surface area contributed by atoms with Gasteiger partial charge in [-0.15, -0.1) is 0 Å². The van der Waals surface area contributed by atoms with E-state index in [1.165, 1.54) is 105 Å². The molecule has 0 N–H and O–H groups in total. The average molecular weight is 667 g/mol. The van der Waals surface area contributed by atoms with Gasteiger partial charge in [-0.25, -0.2) is 0 Å². The lowest BCUT2D eigenvalue weighted by Gasteiger charge is -2.42. The molecule has 2 aliphatic heterocycles. The van der Waals surface area contributed by atoms with E-state index < -0.39 is 16.1 Å².